The smallest absolute Gasteiger partial charge is 0.335 e. The van der Waals surface area contributed by atoms with Gasteiger partial charge in [0.15, 0.2) is 0 Å². The largest absolute Gasteiger partial charge is 0.423 e. The molecule has 0 amide bonds. The van der Waals surface area contributed by atoms with Gasteiger partial charge in [-0.2, -0.15) is 0 Å². The Morgan fingerprint density at radius 2 is 1.27 bits per heavy atom. The zero-order chi connectivity index (χ0) is 18.5. The Labute approximate surface area is 151 Å². The van der Waals surface area contributed by atoms with Crippen molar-refractivity contribution in [3.05, 3.63) is 86.0 Å². The third-order valence-electron chi connectivity index (χ3n) is 3.75. The number of fused-ring (bicyclic) bond motifs is 1. The van der Waals surface area contributed by atoms with Crippen molar-refractivity contribution in [3.63, 3.8) is 0 Å². The highest BCUT2D eigenvalue weighted by Crippen LogP contribution is 2.29. The second-order valence-corrected chi connectivity index (χ2v) is 5.50. The second-order valence-electron chi connectivity index (χ2n) is 5.50. The molecule has 0 saturated heterocycles. The van der Waals surface area contributed by atoms with Gasteiger partial charge in [-0.25, -0.2) is 9.59 Å². The van der Waals surface area contributed by atoms with Crippen LogP contribution in [0.15, 0.2) is 86.0 Å². The Kier molecular flexibility index (Phi) is 4.94. The maximum atomic E-state index is 11.4. The van der Waals surface area contributed by atoms with E-state index in [9.17, 15) is 9.59 Å². The third kappa shape index (κ3) is 3.87. The van der Waals surface area contributed by atoms with Gasteiger partial charge in [0, 0.05) is 12.2 Å². The highest BCUT2D eigenvalue weighted by atomic mass is 16.5. The van der Waals surface area contributed by atoms with E-state index in [2.05, 4.69) is 13.2 Å². The molecule has 0 aliphatic carbocycles. The molecule has 0 N–H and O–H groups in total. The van der Waals surface area contributed by atoms with E-state index in [-0.39, 0.29) is 0 Å². The molecule has 0 unspecified atom stereocenters. The van der Waals surface area contributed by atoms with Crippen LogP contribution in [0.2, 0.25) is 0 Å². The summed E-state index contributed by atoms with van der Waals surface area (Å²) in [7, 11) is 0. The summed E-state index contributed by atoms with van der Waals surface area (Å²) in [4.78, 5) is 22.7. The van der Waals surface area contributed by atoms with Crippen LogP contribution >= 0.6 is 0 Å². The Balaban J connectivity index is 1.91. The van der Waals surface area contributed by atoms with Gasteiger partial charge in [-0.05, 0) is 52.2 Å². The second kappa shape index (κ2) is 7.49. The van der Waals surface area contributed by atoms with E-state index < -0.39 is 11.9 Å². The summed E-state index contributed by atoms with van der Waals surface area (Å²) < 4.78 is 10.3. The lowest BCUT2D eigenvalue weighted by atomic mass is 10.0. The predicted octanol–water partition coefficient (Wildman–Crippen LogP) is 4.69. The molecule has 0 spiro atoms. The third-order valence-corrected chi connectivity index (χ3v) is 3.75. The molecule has 3 rings (SSSR count). The van der Waals surface area contributed by atoms with Crippen LogP contribution in [0.3, 0.4) is 0 Å². The summed E-state index contributed by atoms with van der Waals surface area (Å²) in [5.41, 5.74) is 1.90. The van der Waals surface area contributed by atoms with Crippen LogP contribution in [0.5, 0.6) is 11.5 Å². The van der Waals surface area contributed by atoms with Crippen LogP contribution in [0.1, 0.15) is 0 Å². The van der Waals surface area contributed by atoms with Crippen LogP contribution in [0, 0.1) is 0 Å². The molecule has 26 heavy (non-hydrogen) atoms. The maximum absolute atomic E-state index is 11.4. The monoisotopic (exact) mass is 344 g/mol. The number of rotatable bonds is 5. The Hall–Kier alpha value is -3.66. The molecule has 0 aliphatic rings. The molecule has 0 bridgehead atoms. The first-order chi connectivity index (χ1) is 12.6. The first kappa shape index (κ1) is 17.2. The number of carbonyl (C=O) groups is 2. The quantitative estimate of drug-likeness (QED) is 0.383. The van der Waals surface area contributed by atoms with Crippen molar-refractivity contribution in [3.8, 4) is 22.6 Å². The van der Waals surface area contributed by atoms with Gasteiger partial charge in [0.05, 0.1) is 0 Å². The molecule has 0 fully saturated rings. The predicted molar refractivity (Wildman–Crippen MR) is 101 cm³/mol. The van der Waals surface area contributed by atoms with Crippen molar-refractivity contribution in [2.45, 2.75) is 0 Å². The molecule has 3 aromatic carbocycles. The fourth-order valence-corrected chi connectivity index (χ4v) is 2.52. The van der Waals surface area contributed by atoms with E-state index in [1.807, 2.05) is 36.4 Å². The highest BCUT2D eigenvalue weighted by Gasteiger charge is 2.06. The van der Waals surface area contributed by atoms with E-state index in [0.717, 1.165) is 34.1 Å². The van der Waals surface area contributed by atoms with E-state index in [1.54, 1.807) is 24.3 Å². The van der Waals surface area contributed by atoms with Crippen molar-refractivity contribution < 1.29 is 19.1 Å². The van der Waals surface area contributed by atoms with Gasteiger partial charge in [0.25, 0.3) is 0 Å². The lowest BCUT2D eigenvalue weighted by Crippen LogP contribution is -2.02. The Morgan fingerprint density at radius 3 is 1.96 bits per heavy atom. The molecule has 4 heteroatoms. The molecule has 128 valence electrons. The standard InChI is InChI=1S/C22H16O4/c1-3-21(23)25-19-7-5-6-15(13-19)16-8-9-18-14-20(26-22(24)4-2)11-10-17(18)12-16/h3-14H,1-2H2. The van der Waals surface area contributed by atoms with Crippen molar-refractivity contribution in [2.24, 2.45) is 0 Å². The topological polar surface area (TPSA) is 52.6 Å². The lowest BCUT2D eigenvalue weighted by Gasteiger charge is -2.08. The number of esters is 2. The fourth-order valence-electron chi connectivity index (χ4n) is 2.52. The minimum atomic E-state index is -0.498. The Morgan fingerprint density at radius 1 is 0.692 bits per heavy atom. The molecule has 0 aromatic heterocycles. The maximum Gasteiger partial charge on any atom is 0.335 e. The number of benzene rings is 3. The summed E-state index contributed by atoms with van der Waals surface area (Å²) in [5, 5.41) is 1.94. The van der Waals surface area contributed by atoms with Crippen LogP contribution in [0.4, 0.5) is 0 Å². The van der Waals surface area contributed by atoms with Gasteiger partial charge in [-0.3, -0.25) is 0 Å². The molecular formula is C22H16O4. The molecule has 0 heterocycles. The van der Waals surface area contributed by atoms with Crippen LogP contribution in [-0.4, -0.2) is 11.9 Å². The molecule has 0 atom stereocenters. The molecule has 0 radical (unpaired) electrons. The summed E-state index contributed by atoms with van der Waals surface area (Å²) in [6.45, 7) is 6.77. The fraction of sp³-hybridized carbons (Fsp3) is 0. The Bertz CT molecular complexity index is 1020. The number of carbonyl (C=O) groups excluding carboxylic acids is 2. The zero-order valence-corrected chi connectivity index (χ0v) is 14.0. The normalized spacial score (nSPS) is 10.2. The van der Waals surface area contributed by atoms with Gasteiger partial charge < -0.3 is 9.47 Å². The number of ether oxygens (including phenoxy) is 2. The summed E-state index contributed by atoms with van der Waals surface area (Å²) in [6.07, 6.45) is 2.25. The van der Waals surface area contributed by atoms with E-state index in [0.29, 0.717) is 11.5 Å². The van der Waals surface area contributed by atoms with Crippen LogP contribution < -0.4 is 9.47 Å². The summed E-state index contributed by atoms with van der Waals surface area (Å²) in [6, 6.07) is 18.6. The summed E-state index contributed by atoms with van der Waals surface area (Å²) in [5.74, 6) is -0.0678. The SMILES string of the molecule is C=CC(=O)Oc1cccc(-c2ccc3cc(OC(=O)C=C)ccc3c2)c1. The zero-order valence-electron chi connectivity index (χ0n) is 14.0. The highest BCUT2D eigenvalue weighted by molar-refractivity contribution is 5.90. The van der Waals surface area contributed by atoms with E-state index in [4.69, 9.17) is 9.47 Å². The van der Waals surface area contributed by atoms with Gasteiger partial charge in [0.2, 0.25) is 0 Å². The van der Waals surface area contributed by atoms with Crippen LogP contribution in [0.25, 0.3) is 21.9 Å². The number of hydrogen-bond donors (Lipinski definition) is 0. The van der Waals surface area contributed by atoms with Gasteiger partial charge in [0.1, 0.15) is 11.5 Å². The number of hydrogen-bond acceptors (Lipinski definition) is 4. The van der Waals surface area contributed by atoms with Crippen molar-refractivity contribution >= 4 is 22.7 Å². The lowest BCUT2D eigenvalue weighted by molar-refractivity contribution is -0.129. The average molecular weight is 344 g/mol. The van der Waals surface area contributed by atoms with Crippen molar-refractivity contribution in [1.29, 1.82) is 0 Å². The molecule has 4 nitrogen and oxygen atoms in total. The summed E-state index contributed by atoms with van der Waals surface area (Å²) >= 11 is 0. The van der Waals surface area contributed by atoms with Crippen molar-refractivity contribution in [2.75, 3.05) is 0 Å². The van der Waals surface area contributed by atoms with Crippen LogP contribution in [-0.2, 0) is 9.59 Å². The minimum absolute atomic E-state index is 0.458. The minimum Gasteiger partial charge on any atom is -0.423 e. The average Bonchev–Trinajstić information content (AvgIpc) is 2.67. The van der Waals surface area contributed by atoms with Gasteiger partial charge in [-0.1, -0.05) is 43.5 Å². The first-order valence-corrected chi connectivity index (χ1v) is 7.92. The molecule has 0 aliphatic heterocycles. The first-order valence-electron chi connectivity index (χ1n) is 7.92. The molecular weight excluding hydrogens is 328 g/mol. The van der Waals surface area contributed by atoms with Gasteiger partial charge in [-0.15, -0.1) is 0 Å². The van der Waals surface area contributed by atoms with Gasteiger partial charge >= 0.3 is 11.9 Å². The van der Waals surface area contributed by atoms with E-state index >= 15 is 0 Å². The molecule has 3 aromatic rings. The molecule has 0 saturated carbocycles. The van der Waals surface area contributed by atoms with Crippen molar-refractivity contribution in [1.82, 2.24) is 0 Å². The van der Waals surface area contributed by atoms with E-state index in [1.165, 1.54) is 0 Å².